The van der Waals surface area contributed by atoms with Crippen molar-refractivity contribution in [2.24, 2.45) is 0 Å². The number of fused-ring (bicyclic) bond motifs is 1. The summed E-state index contributed by atoms with van der Waals surface area (Å²) >= 11 is 0. The predicted octanol–water partition coefficient (Wildman–Crippen LogP) is 4.53. The molecular weight excluding hydrogens is 489 g/mol. The highest BCUT2D eigenvalue weighted by atomic mass is 19.4. The topological polar surface area (TPSA) is 69.6 Å². The third kappa shape index (κ3) is 4.11. The van der Waals surface area contributed by atoms with E-state index in [4.69, 9.17) is 0 Å². The van der Waals surface area contributed by atoms with E-state index in [1.54, 1.807) is 5.32 Å². The number of nitrogens with one attached hydrogen (secondary N) is 1. The minimum atomic E-state index is -6.81. The average molecular weight is 500 g/mol. The molecule has 1 aromatic rings. The van der Waals surface area contributed by atoms with Gasteiger partial charge in [-0.2, -0.15) is 48.3 Å². The Bertz CT molecular complexity index is 1020. The second kappa shape index (κ2) is 7.56. The van der Waals surface area contributed by atoms with Crippen LogP contribution in [0.4, 0.5) is 59.7 Å². The number of aliphatic hydroxyl groups is 1. The molecule has 16 heteroatoms. The number of anilines is 2. The van der Waals surface area contributed by atoms with E-state index in [1.165, 1.54) is 6.92 Å². The van der Waals surface area contributed by atoms with Crippen LogP contribution in [0.25, 0.3) is 0 Å². The summed E-state index contributed by atoms with van der Waals surface area (Å²) in [5.74, 6) is -13.8. The number of hydrogen-bond acceptors (Lipinski definition) is 4. The molecule has 1 aliphatic heterocycles. The van der Waals surface area contributed by atoms with Gasteiger partial charge in [0.15, 0.2) is 0 Å². The van der Waals surface area contributed by atoms with E-state index < -0.39 is 63.7 Å². The van der Waals surface area contributed by atoms with Gasteiger partial charge in [-0.3, -0.25) is 14.5 Å². The first-order valence-corrected chi connectivity index (χ1v) is 8.36. The van der Waals surface area contributed by atoms with E-state index in [1.807, 2.05) is 0 Å². The SMILES string of the molecule is Cc1cc2c(cc1C)N(C(=O)C(F)(F)C(F)(F)F)C(O)(C(F)(F)F)C(C(=O)C(F)(F)F)=CN2. The van der Waals surface area contributed by atoms with Crippen molar-refractivity contribution < 1.29 is 63.0 Å². The summed E-state index contributed by atoms with van der Waals surface area (Å²) in [6, 6.07) is 1.25. The summed E-state index contributed by atoms with van der Waals surface area (Å²) in [5, 5.41) is 12.0. The number of aryl methyl sites for hydroxylation is 2. The van der Waals surface area contributed by atoms with Crippen LogP contribution in [0, 0.1) is 13.8 Å². The number of hydrogen-bond donors (Lipinski definition) is 2. The van der Waals surface area contributed by atoms with Gasteiger partial charge in [0, 0.05) is 6.20 Å². The molecule has 0 aliphatic carbocycles. The number of Topliss-reactive ketones (excluding diaryl/α,β-unsaturated/α-hetero) is 1. The van der Waals surface area contributed by atoms with Gasteiger partial charge in [0.1, 0.15) is 0 Å². The molecule has 0 fully saturated rings. The molecule has 33 heavy (non-hydrogen) atoms. The normalized spacial score (nSPS) is 19.9. The molecule has 0 aromatic heterocycles. The molecule has 5 nitrogen and oxygen atoms in total. The first-order chi connectivity index (χ1) is 14.6. The second-order valence-electron chi connectivity index (χ2n) is 6.87. The number of halogens is 11. The minimum absolute atomic E-state index is 0.112. The summed E-state index contributed by atoms with van der Waals surface area (Å²) in [5.41, 5.74) is -10.7. The minimum Gasteiger partial charge on any atom is -0.359 e. The monoisotopic (exact) mass is 500 g/mol. The molecule has 0 bridgehead atoms. The van der Waals surface area contributed by atoms with Crippen molar-refractivity contribution in [2.45, 2.75) is 44.0 Å². The Kier molecular flexibility index (Phi) is 6.04. The summed E-state index contributed by atoms with van der Waals surface area (Å²) in [6.07, 6.45) is -19.9. The molecule has 0 saturated carbocycles. The van der Waals surface area contributed by atoms with Crippen molar-refractivity contribution in [2.75, 3.05) is 10.2 Å². The highest BCUT2D eigenvalue weighted by Gasteiger charge is 2.73. The summed E-state index contributed by atoms with van der Waals surface area (Å²) in [7, 11) is 0. The maximum atomic E-state index is 13.9. The maximum absolute atomic E-state index is 13.9. The van der Waals surface area contributed by atoms with Crippen LogP contribution in [0.15, 0.2) is 23.9 Å². The van der Waals surface area contributed by atoms with E-state index in [0.717, 1.165) is 13.0 Å². The van der Waals surface area contributed by atoms with Crippen molar-refractivity contribution in [1.82, 2.24) is 0 Å². The standard InChI is InChI=1S/C17H11F11N2O3/c1-6-3-9-10(4-7(6)2)30(12(32)13(18,19)16(23,24)25)14(33,17(26,27)28)8(5-29-9)11(31)15(20,21)22/h3-5,29,33H,1-2H3. The van der Waals surface area contributed by atoms with Crippen molar-refractivity contribution in [3.8, 4) is 0 Å². The molecule has 1 aromatic carbocycles. The fraction of sp³-hybridized carbons (Fsp3) is 0.412. The summed E-state index contributed by atoms with van der Waals surface area (Å²) in [4.78, 5) is 22.3. The molecule has 0 radical (unpaired) electrons. The second-order valence-corrected chi connectivity index (χ2v) is 6.87. The van der Waals surface area contributed by atoms with Crippen LogP contribution in [0.1, 0.15) is 11.1 Å². The van der Waals surface area contributed by atoms with Crippen molar-refractivity contribution in [1.29, 1.82) is 0 Å². The van der Waals surface area contributed by atoms with Gasteiger partial charge in [-0.15, -0.1) is 0 Å². The molecular formula is C17H11F11N2O3. The molecule has 1 atom stereocenters. The zero-order valence-electron chi connectivity index (χ0n) is 16.1. The number of nitrogens with zero attached hydrogens (tertiary/aromatic N) is 1. The fourth-order valence-corrected chi connectivity index (χ4v) is 2.82. The third-order valence-electron chi connectivity index (χ3n) is 4.65. The van der Waals surface area contributed by atoms with E-state index in [9.17, 15) is 63.0 Å². The highest BCUT2D eigenvalue weighted by Crippen LogP contribution is 2.50. The van der Waals surface area contributed by atoms with Gasteiger partial charge < -0.3 is 10.4 Å². The lowest BCUT2D eigenvalue weighted by molar-refractivity contribution is -0.276. The lowest BCUT2D eigenvalue weighted by Gasteiger charge is -2.42. The predicted molar refractivity (Wildman–Crippen MR) is 88.2 cm³/mol. The first kappa shape index (κ1) is 26.3. The number of rotatable bonds is 2. The van der Waals surface area contributed by atoms with Gasteiger partial charge in [0.2, 0.25) is 0 Å². The van der Waals surface area contributed by atoms with E-state index >= 15 is 0 Å². The zero-order chi connectivity index (χ0) is 25.9. The van der Waals surface area contributed by atoms with Gasteiger partial charge in [0.05, 0.1) is 16.9 Å². The average Bonchev–Trinajstić information content (AvgIpc) is 2.74. The molecule has 0 saturated heterocycles. The molecule has 2 N–H and O–H groups in total. The van der Waals surface area contributed by atoms with Crippen LogP contribution in [-0.2, 0) is 9.59 Å². The third-order valence-corrected chi connectivity index (χ3v) is 4.65. The Labute approximate surface area is 176 Å². The zero-order valence-corrected chi connectivity index (χ0v) is 16.1. The van der Waals surface area contributed by atoms with Crippen LogP contribution in [0.5, 0.6) is 0 Å². The number of ketones is 1. The lowest BCUT2D eigenvalue weighted by Crippen LogP contribution is -2.68. The molecule has 1 heterocycles. The fourth-order valence-electron chi connectivity index (χ4n) is 2.82. The molecule has 184 valence electrons. The highest BCUT2D eigenvalue weighted by molar-refractivity contribution is 6.09. The Balaban J connectivity index is 3.04. The van der Waals surface area contributed by atoms with E-state index in [-0.39, 0.29) is 17.3 Å². The quantitative estimate of drug-likeness (QED) is 0.586. The molecule has 0 spiro atoms. The molecule has 1 amide bonds. The van der Waals surface area contributed by atoms with Gasteiger partial charge in [-0.25, -0.2) is 0 Å². The van der Waals surface area contributed by atoms with E-state index in [0.29, 0.717) is 6.07 Å². The number of alkyl halides is 11. The van der Waals surface area contributed by atoms with Gasteiger partial charge in [-0.05, 0) is 37.1 Å². The Morgan fingerprint density at radius 3 is 1.82 bits per heavy atom. The Morgan fingerprint density at radius 1 is 0.909 bits per heavy atom. The first-order valence-electron chi connectivity index (χ1n) is 8.36. The van der Waals surface area contributed by atoms with Gasteiger partial charge in [0.25, 0.3) is 11.5 Å². The number of amides is 1. The Hall–Kier alpha value is -2.91. The largest absolute Gasteiger partial charge is 0.463 e. The van der Waals surface area contributed by atoms with Crippen molar-refractivity contribution >= 4 is 23.1 Å². The smallest absolute Gasteiger partial charge is 0.359 e. The lowest BCUT2D eigenvalue weighted by atomic mass is 9.94. The molecule has 1 aliphatic rings. The maximum Gasteiger partial charge on any atom is 0.463 e. The van der Waals surface area contributed by atoms with Crippen LogP contribution in [0.3, 0.4) is 0 Å². The molecule has 2 rings (SSSR count). The number of carbonyl (C=O) groups excluding carboxylic acids is 2. The van der Waals surface area contributed by atoms with Crippen LogP contribution in [-0.4, -0.2) is 47.0 Å². The van der Waals surface area contributed by atoms with Crippen molar-refractivity contribution in [3.63, 3.8) is 0 Å². The summed E-state index contributed by atoms with van der Waals surface area (Å²) in [6.45, 7) is 2.40. The summed E-state index contributed by atoms with van der Waals surface area (Å²) < 4.78 is 147. The number of benzene rings is 1. The van der Waals surface area contributed by atoms with Gasteiger partial charge in [-0.1, -0.05) is 0 Å². The number of carbonyl (C=O) groups is 2. The van der Waals surface area contributed by atoms with Crippen LogP contribution >= 0.6 is 0 Å². The Morgan fingerprint density at radius 2 is 1.39 bits per heavy atom. The van der Waals surface area contributed by atoms with Crippen LogP contribution < -0.4 is 10.2 Å². The van der Waals surface area contributed by atoms with Gasteiger partial charge >= 0.3 is 30.4 Å². The van der Waals surface area contributed by atoms with Crippen molar-refractivity contribution in [3.05, 3.63) is 35.0 Å². The molecule has 1 unspecified atom stereocenters. The van der Waals surface area contributed by atoms with E-state index in [2.05, 4.69) is 0 Å². The van der Waals surface area contributed by atoms with Crippen LogP contribution in [0.2, 0.25) is 0 Å².